The summed E-state index contributed by atoms with van der Waals surface area (Å²) >= 11 is 1.40. The summed E-state index contributed by atoms with van der Waals surface area (Å²) in [4.78, 5) is 22.2. The van der Waals surface area contributed by atoms with E-state index in [4.69, 9.17) is 9.52 Å². The van der Waals surface area contributed by atoms with Gasteiger partial charge in [-0.1, -0.05) is 0 Å². The third-order valence-electron chi connectivity index (χ3n) is 1.82. The van der Waals surface area contributed by atoms with Crippen LogP contribution >= 0.6 is 11.3 Å². The molecule has 2 aromatic heterocycles. The van der Waals surface area contributed by atoms with Gasteiger partial charge in [0.05, 0.1) is 0 Å². The number of carboxylic acids is 1. The van der Waals surface area contributed by atoms with Crippen molar-refractivity contribution in [3.05, 3.63) is 46.0 Å². The van der Waals surface area contributed by atoms with Crippen molar-refractivity contribution >= 4 is 23.1 Å². The van der Waals surface area contributed by atoms with Gasteiger partial charge in [-0.15, -0.1) is 0 Å². The summed E-state index contributed by atoms with van der Waals surface area (Å²) < 4.78 is 4.89. The third kappa shape index (κ3) is 1.82. The molecule has 0 aliphatic rings. The molecule has 2 rings (SSSR count). The van der Waals surface area contributed by atoms with Crippen LogP contribution in [0.3, 0.4) is 0 Å². The van der Waals surface area contributed by atoms with Crippen molar-refractivity contribution in [1.82, 2.24) is 0 Å². The van der Waals surface area contributed by atoms with E-state index in [0.717, 1.165) is 0 Å². The Bertz CT molecular complexity index is 495. The molecular formula is C10H6O4S. The van der Waals surface area contributed by atoms with Crippen LogP contribution in [-0.4, -0.2) is 16.9 Å². The van der Waals surface area contributed by atoms with Gasteiger partial charge >= 0.3 is 5.97 Å². The zero-order valence-electron chi connectivity index (χ0n) is 7.47. The van der Waals surface area contributed by atoms with Crippen LogP contribution in [0.5, 0.6) is 0 Å². The Labute approximate surface area is 88.8 Å². The largest absolute Gasteiger partial charge is 0.475 e. The number of hydrogen-bond donors (Lipinski definition) is 1. The van der Waals surface area contributed by atoms with Crippen LogP contribution in [0.2, 0.25) is 0 Å². The van der Waals surface area contributed by atoms with E-state index in [1.54, 1.807) is 16.8 Å². The highest BCUT2D eigenvalue weighted by Crippen LogP contribution is 2.15. The minimum atomic E-state index is -1.18. The molecule has 4 nitrogen and oxygen atoms in total. The first-order valence-electron chi connectivity index (χ1n) is 4.08. The van der Waals surface area contributed by atoms with E-state index in [-0.39, 0.29) is 17.3 Å². The zero-order valence-corrected chi connectivity index (χ0v) is 8.28. The molecule has 76 valence electrons. The van der Waals surface area contributed by atoms with Crippen molar-refractivity contribution in [2.24, 2.45) is 0 Å². The first-order chi connectivity index (χ1) is 7.18. The summed E-state index contributed by atoms with van der Waals surface area (Å²) in [5.41, 5.74) is 0.506. The standard InChI is InChI=1S/C10H6O4S/c11-9(6-3-4-15-5-6)7-1-2-8(14-7)10(12)13/h1-5H,(H,12,13). The molecule has 0 aliphatic carbocycles. The van der Waals surface area contributed by atoms with Gasteiger partial charge in [0, 0.05) is 10.9 Å². The first kappa shape index (κ1) is 9.67. The van der Waals surface area contributed by atoms with Crippen LogP contribution in [0.15, 0.2) is 33.4 Å². The number of aromatic carboxylic acids is 1. The van der Waals surface area contributed by atoms with Crippen LogP contribution in [-0.2, 0) is 0 Å². The number of carbonyl (C=O) groups is 2. The summed E-state index contributed by atoms with van der Waals surface area (Å²) in [6.45, 7) is 0. The Morgan fingerprint density at radius 2 is 1.93 bits per heavy atom. The topological polar surface area (TPSA) is 67.5 Å². The van der Waals surface area contributed by atoms with E-state index in [0.29, 0.717) is 5.56 Å². The quantitative estimate of drug-likeness (QED) is 0.809. The minimum absolute atomic E-state index is 0.0470. The second kappa shape index (κ2) is 3.70. The molecule has 0 atom stereocenters. The third-order valence-corrected chi connectivity index (χ3v) is 2.51. The molecule has 0 spiro atoms. The summed E-state index contributed by atoms with van der Waals surface area (Å²) in [5, 5.41) is 12.1. The van der Waals surface area contributed by atoms with Crippen molar-refractivity contribution < 1.29 is 19.1 Å². The molecule has 0 radical (unpaired) electrons. The summed E-state index contributed by atoms with van der Waals surface area (Å²) in [5.74, 6) is -1.66. The van der Waals surface area contributed by atoms with E-state index in [2.05, 4.69) is 0 Å². The fourth-order valence-corrected chi connectivity index (χ4v) is 1.75. The highest BCUT2D eigenvalue weighted by atomic mass is 32.1. The van der Waals surface area contributed by atoms with Gasteiger partial charge in [-0.25, -0.2) is 4.79 Å². The number of ketones is 1. The van der Waals surface area contributed by atoms with E-state index in [9.17, 15) is 9.59 Å². The SMILES string of the molecule is O=C(O)c1ccc(C(=O)c2ccsc2)o1. The highest BCUT2D eigenvalue weighted by Gasteiger charge is 2.16. The maximum absolute atomic E-state index is 11.7. The van der Waals surface area contributed by atoms with Crippen LogP contribution in [0.25, 0.3) is 0 Å². The van der Waals surface area contributed by atoms with Gasteiger partial charge in [0.1, 0.15) is 0 Å². The molecule has 5 heteroatoms. The second-order valence-corrected chi connectivity index (χ2v) is 3.59. The van der Waals surface area contributed by atoms with Crippen molar-refractivity contribution in [1.29, 1.82) is 0 Å². The average Bonchev–Trinajstić information content (AvgIpc) is 2.88. The predicted molar refractivity (Wildman–Crippen MR) is 53.4 cm³/mol. The van der Waals surface area contributed by atoms with Gasteiger partial charge in [0.25, 0.3) is 0 Å². The molecule has 0 aromatic carbocycles. The first-order valence-corrected chi connectivity index (χ1v) is 5.03. The summed E-state index contributed by atoms with van der Waals surface area (Å²) in [7, 11) is 0. The molecule has 0 fully saturated rings. The van der Waals surface area contributed by atoms with Crippen LogP contribution in [0.4, 0.5) is 0 Å². The van der Waals surface area contributed by atoms with Gasteiger partial charge in [-0.05, 0) is 23.6 Å². The van der Waals surface area contributed by atoms with Gasteiger partial charge in [0.15, 0.2) is 5.76 Å². The summed E-state index contributed by atoms with van der Waals surface area (Å²) in [6, 6.07) is 4.29. The number of rotatable bonds is 3. The Morgan fingerprint density at radius 1 is 1.20 bits per heavy atom. The molecule has 0 saturated carbocycles. The monoisotopic (exact) mass is 222 g/mol. The van der Waals surface area contributed by atoms with Crippen LogP contribution in [0, 0.1) is 0 Å². The lowest BCUT2D eigenvalue weighted by Crippen LogP contribution is -1.98. The molecule has 0 bridgehead atoms. The molecule has 0 saturated heterocycles. The minimum Gasteiger partial charge on any atom is -0.475 e. The zero-order chi connectivity index (χ0) is 10.8. The van der Waals surface area contributed by atoms with Gasteiger partial charge in [-0.2, -0.15) is 11.3 Å². The predicted octanol–water partition coefficient (Wildman–Crippen LogP) is 2.27. The molecule has 0 amide bonds. The average molecular weight is 222 g/mol. The Morgan fingerprint density at radius 3 is 2.47 bits per heavy atom. The number of thiophene rings is 1. The van der Waals surface area contributed by atoms with Crippen molar-refractivity contribution in [2.75, 3.05) is 0 Å². The van der Waals surface area contributed by atoms with Crippen molar-refractivity contribution in [3.63, 3.8) is 0 Å². The van der Waals surface area contributed by atoms with Gasteiger partial charge < -0.3 is 9.52 Å². The number of furan rings is 1. The lowest BCUT2D eigenvalue weighted by molar-refractivity contribution is 0.0660. The van der Waals surface area contributed by atoms with Crippen molar-refractivity contribution in [3.8, 4) is 0 Å². The molecule has 0 aliphatic heterocycles. The molecule has 0 unspecified atom stereocenters. The van der Waals surface area contributed by atoms with Crippen molar-refractivity contribution in [2.45, 2.75) is 0 Å². The fourth-order valence-electron chi connectivity index (χ4n) is 1.11. The lowest BCUT2D eigenvalue weighted by atomic mass is 10.2. The lowest BCUT2D eigenvalue weighted by Gasteiger charge is -1.91. The molecule has 15 heavy (non-hydrogen) atoms. The normalized spacial score (nSPS) is 10.1. The smallest absolute Gasteiger partial charge is 0.371 e. The molecule has 2 heterocycles. The number of hydrogen-bond acceptors (Lipinski definition) is 4. The Hall–Kier alpha value is -1.88. The number of carbonyl (C=O) groups excluding carboxylic acids is 1. The fraction of sp³-hybridized carbons (Fsp3) is 0. The van der Waals surface area contributed by atoms with E-state index >= 15 is 0 Å². The maximum atomic E-state index is 11.7. The summed E-state index contributed by atoms with van der Waals surface area (Å²) in [6.07, 6.45) is 0. The Balaban J connectivity index is 2.31. The maximum Gasteiger partial charge on any atom is 0.371 e. The van der Waals surface area contributed by atoms with Crippen LogP contribution < -0.4 is 0 Å². The molecule has 2 aromatic rings. The van der Waals surface area contributed by atoms with E-state index < -0.39 is 5.97 Å². The van der Waals surface area contributed by atoms with Crippen LogP contribution in [0.1, 0.15) is 26.7 Å². The van der Waals surface area contributed by atoms with E-state index in [1.807, 2.05) is 0 Å². The number of carboxylic acid groups (broad SMARTS) is 1. The Kier molecular flexibility index (Phi) is 2.39. The van der Waals surface area contributed by atoms with E-state index in [1.165, 1.54) is 23.5 Å². The second-order valence-electron chi connectivity index (χ2n) is 2.81. The molecular weight excluding hydrogens is 216 g/mol. The van der Waals surface area contributed by atoms with Gasteiger partial charge in [-0.3, -0.25) is 4.79 Å². The molecule has 1 N–H and O–H groups in total. The highest BCUT2D eigenvalue weighted by molar-refractivity contribution is 7.08. The van der Waals surface area contributed by atoms with Gasteiger partial charge in [0.2, 0.25) is 11.5 Å².